The van der Waals surface area contributed by atoms with Crippen molar-refractivity contribution in [1.29, 1.82) is 0 Å². The topological polar surface area (TPSA) is 88.4 Å². The number of nitrogens with one attached hydrogen (secondary N) is 2. The smallest absolute Gasteiger partial charge is 0.256 e. The summed E-state index contributed by atoms with van der Waals surface area (Å²) in [6.07, 6.45) is 4.30. The first-order chi connectivity index (χ1) is 16.6. The van der Waals surface area contributed by atoms with Gasteiger partial charge in [0.25, 0.3) is 5.91 Å². The van der Waals surface area contributed by atoms with Crippen molar-refractivity contribution in [3.05, 3.63) is 90.1 Å². The number of fused-ring (bicyclic) bond motifs is 1. The SMILES string of the molecule is C=CCc1cccc(C(=O)Nc2ccc3nc(-c4ccc(C)c(NC(=O)C(C)(C)C)c4)cn3n2)c1. The lowest BCUT2D eigenvalue weighted by Gasteiger charge is -2.19. The first kappa shape index (κ1) is 23.9. The van der Waals surface area contributed by atoms with Crippen molar-refractivity contribution >= 4 is 29.0 Å². The molecule has 178 valence electrons. The van der Waals surface area contributed by atoms with E-state index in [0.29, 0.717) is 29.1 Å². The first-order valence-corrected chi connectivity index (χ1v) is 11.4. The minimum atomic E-state index is -0.497. The minimum absolute atomic E-state index is 0.0511. The standard InChI is InChI=1S/C28H29N5O2/c1-6-8-19-9-7-10-21(15-19)26(34)31-24-13-14-25-29-23(17-33(25)32-24)20-12-11-18(2)22(16-20)30-27(35)28(3,4)5/h6-7,9-17H,1,8H2,2-5H3,(H,30,35)(H,31,32,34). The van der Waals surface area contributed by atoms with E-state index >= 15 is 0 Å². The number of benzene rings is 2. The van der Waals surface area contributed by atoms with E-state index in [0.717, 1.165) is 22.4 Å². The van der Waals surface area contributed by atoms with Gasteiger partial charge in [-0.25, -0.2) is 9.50 Å². The van der Waals surface area contributed by atoms with Gasteiger partial charge in [0.1, 0.15) is 0 Å². The molecule has 0 saturated heterocycles. The van der Waals surface area contributed by atoms with Crippen molar-refractivity contribution in [3.63, 3.8) is 0 Å². The number of hydrogen-bond acceptors (Lipinski definition) is 4. The second kappa shape index (κ2) is 9.54. The number of imidazole rings is 1. The summed E-state index contributed by atoms with van der Waals surface area (Å²) in [6.45, 7) is 11.3. The predicted molar refractivity (Wildman–Crippen MR) is 140 cm³/mol. The summed E-state index contributed by atoms with van der Waals surface area (Å²) < 4.78 is 1.63. The van der Waals surface area contributed by atoms with Gasteiger partial charge in [-0.2, -0.15) is 0 Å². The van der Waals surface area contributed by atoms with Gasteiger partial charge in [-0.3, -0.25) is 9.59 Å². The largest absolute Gasteiger partial charge is 0.325 e. The number of rotatable bonds is 6. The molecular formula is C28H29N5O2. The van der Waals surface area contributed by atoms with Gasteiger partial charge in [-0.05, 0) is 54.8 Å². The molecule has 0 atom stereocenters. The van der Waals surface area contributed by atoms with Crippen LogP contribution < -0.4 is 10.6 Å². The van der Waals surface area contributed by atoms with E-state index in [-0.39, 0.29) is 11.8 Å². The molecule has 0 aliphatic carbocycles. The number of amides is 2. The molecule has 0 spiro atoms. The van der Waals surface area contributed by atoms with Crippen LogP contribution in [-0.2, 0) is 11.2 Å². The molecule has 0 aliphatic heterocycles. The second-order valence-electron chi connectivity index (χ2n) is 9.53. The Kier molecular flexibility index (Phi) is 6.51. The van der Waals surface area contributed by atoms with Gasteiger partial charge in [-0.15, -0.1) is 11.7 Å². The zero-order valence-electron chi connectivity index (χ0n) is 20.4. The van der Waals surface area contributed by atoms with Gasteiger partial charge < -0.3 is 10.6 Å². The van der Waals surface area contributed by atoms with E-state index < -0.39 is 5.41 Å². The Bertz CT molecular complexity index is 1430. The van der Waals surface area contributed by atoms with Crippen LogP contribution >= 0.6 is 0 Å². The third-order valence-corrected chi connectivity index (χ3v) is 5.59. The van der Waals surface area contributed by atoms with E-state index in [1.54, 1.807) is 35.0 Å². The van der Waals surface area contributed by atoms with Gasteiger partial charge in [0, 0.05) is 22.2 Å². The van der Waals surface area contributed by atoms with Crippen LogP contribution in [0.4, 0.5) is 11.5 Å². The van der Waals surface area contributed by atoms with Gasteiger partial charge >= 0.3 is 0 Å². The van der Waals surface area contributed by atoms with Gasteiger partial charge in [0.2, 0.25) is 5.91 Å². The molecule has 2 N–H and O–H groups in total. The van der Waals surface area contributed by atoms with Gasteiger partial charge in [-0.1, -0.05) is 51.1 Å². The molecule has 2 heterocycles. The van der Waals surface area contributed by atoms with Gasteiger partial charge in [0.15, 0.2) is 11.5 Å². The van der Waals surface area contributed by atoms with Crippen LogP contribution in [0.5, 0.6) is 0 Å². The van der Waals surface area contributed by atoms with Crippen LogP contribution in [0.2, 0.25) is 0 Å². The van der Waals surface area contributed by atoms with Crippen molar-refractivity contribution in [2.75, 3.05) is 10.6 Å². The molecule has 35 heavy (non-hydrogen) atoms. The fourth-order valence-electron chi connectivity index (χ4n) is 3.51. The molecule has 0 radical (unpaired) electrons. The second-order valence-corrected chi connectivity index (χ2v) is 9.53. The summed E-state index contributed by atoms with van der Waals surface area (Å²) in [6, 6.07) is 16.8. The Morgan fingerprint density at radius 3 is 2.60 bits per heavy atom. The van der Waals surface area contributed by atoms with Crippen molar-refractivity contribution in [2.45, 2.75) is 34.1 Å². The zero-order chi connectivity index (χ0) is 25.2. The summed E-state index contributed by atoms with van der Waals surface area (Å²) >= 11 is 0. The molecule has 2 amide bonds. The number of anilines is 2. The van der Waals surface area contributed by atoms with Crippen molar-refractivity contribution < 1.29 is 9.59 Å². The highest BCUT2D eigenvalue weighted by Gasteiger charge is 2.22. The summed E-state index contributed by atoms with van der Waals surface area (Å²) in [7, 11) is 0. The van der Waals surface area contributed by atoms with Crippen LogP contribution in [0.15, 0.2) is 73.4 Å². The normalized spacial score (nSPS) is 11.3. The Morgan fingerprint density at radius 1 is 1.06 bits per heavy atom. The van der Waals surface area contributed by atoms with E-state index in [4.69, 9.17) is 0 Å². The summed E-state index contributed by atoms with van der Waals surface area (Å²) in [5.41, 5.74) is 5.01. The molecule has 0 aliphatic rings. The Labute approximate surface area is 204 Å². The number of carbonyl (C=O) groups excluding carboxylic acids is 2. The minimum Gasteiger partial charge on any atom is -0.325 e. The molecule has 0 bridgehead atoms. The maximum Gasteiger partial charge on any atom is 0.256 e. The van der Waals surface area contributed by atoms with Crippen LogP contribution in [0.3, 0.4) is 0 Å². The van der Waals surface area contributed by atoms with Crippen LogP contribution in [0.1, 0.15) is 42.3 Å². The number of nitrogens with zero attached hydrogens (tertiary/aromatic N) is 3. The zero-order valence-corrected chi connectivity index (χ0v) is 20.4. The number of aryl methyl sites for hydroxylation is 1. The monoisotopic (exact) mass is 467 g/mol. The fourth-order valence-corrected chi connectivity index (χ4v) is 3.51. The first-order valence-electron chi connectivity index (χ1n) is 11.4. The molecule has 2 aromatic heterocycles. The summed E-state index contributed by atoms with van der Waals surface area (Å²) in [4.78, 5) is 29.9. The van der Waals surface area contributed by atoms with Crippen molar-refractivity contribution in [1.82, 2.24) is 14.6 Å². The molecule has 2 aromatic carbocycles. The fraction of sp³-hybridized carbons (Fsp3) is 0.214. The van der Waals surface area contributed by atoms with Gasteiger partial charge in [0.05, 0.1) is 11.9 Å². The highest BCUT2D eigenvalue weighted by atomic mass is 16.2. The third-order valence-electron chi connectivity index (χ3n) is 5.59. The van der Waals surface area contributed by atoms with E-state index in [1.165, 1.54) is 0 Å². The lowest BCUT2D eigenvalue weighted by molar-refractivity contribution is -0.123. The summed E-state index contributed by atoms with van der Waals surface area (Å²) in [5, 5.41) is 10.4. The molecular weight excluding hydrogens is 438 g/mol. The van der Waals surface area contributed by atoms with E-state index in [1.807, 2.05) is 64.1 Å². The quantitative estimate of drug-likeness (QED) is 0.358. The maximum absolute atomic E-state index is 12.7. The van der Waals surface area contributed by atoms with E-state index in [2.05, 4.69) is 27.3 Å². The number of hydrogen-bond donors (Lipinski definition) is 2. The molecule has 7 heteroatoms. The number of allylic oxidation sites excluding steroid dienone is 1. The van der Waals surface area contributed by atoms with Crippen LogP contribution in [0.25, 0.3) is 16.9 Å². The predicted octanol–water partition coefficient (Wildman–Crippen LogP) is 5.67. The van der Waals surface area contributed by atoms with Crippen molar-refractivity contribution in [2.24, 2.45) is 5.41 Å². The Hall–Kier alpha value is -4.26. The maximum atomic E-state index is 12.7. The number of aromatic nitrogens is 3. The molecule has 4 rings (SSSR count). The Balaban J connectivity index is 1.57. The summed E-state index contributed by atoms with van der Waals surface area (Å²) in [5.74, 6) is 0.133. The highest BCUT2D eigenvalue weighted by molar-refractivity contribution is 6.03. The van der Waals surface area contributed by atoms with Crippen LogP contribution in [0, 0.1) is 12.3 Å². The molecule has 0 saturated carbocycles. The average Bonchev–Trinajstić information content (AvgIpc) is 3.23. The number of carbonyl (C=O) groups is 2. The van der Waals surface area contributed by atoms with Crippen molar-refractivity contribution in [3.8, 4) is 11.3 Å². The average molecular weight is 468 g/mol. The molecule has 7 nitrogen and oxygen atoms in total. The lowest BCUT2D eigenvalue weighted by Crippen LogP contribution is -2.27. The molecule has 4 aromatic rings. The Morgan fingerprint density at radius 2 is 1.86 bits per heavy atom. The molecule has 0 unspecified atom stereocenters. The van der Waals surface area contributed by atoms with Crippen LogP contribution in [-0.4, -0.2) is 26.4 Å². The third kappa shape index (κ3) is 5.46. The highest BCUT2D eigenvalue weighted by Crippen LogP contribution is 2.27. The lowest BCUT2D eigenvalue weighted by atomic mass is 9.95. The molecule has 0 fully saturated rings. The van der Waals surface area contributed by atoms with E-state index in [9.17, 15) is 9.59 Å².